The minimum atomic E-state index is -4.71. The summed E-state index contributed by atoms with van der Waals surface area (Å²) in [5.41, 5.74) is 0.663. The molecular weight excluding hydrogens is 289 g/mol. The van der Waals surface area contributed by atoms with E-state index in [4.69, 9.17) is 4.74 Å². The fraction of sp³-hybridized carbons (Fsp3) is 0.462. The van der Waals surface area contributed by atoms with Crippen molar-refractivity contribution in [3.63, 3.8) is 0 Å². The molecule has 0 aliphatic heterocycles. The summed E-state index contributed by atoms with van der Waals surface area (Å²) in [4.78, 5) is 11.4. The van der Waals surface area contributed by atoms with Crippen LogP contribution in [0.3, 0.4) is 0 Å². The molecule has 21 heavy (non-hydrogen) atoms. The number of carbonyl (C=O) groups is 1. The minimum Gasteiger partial charge on any atom is -0.406 e. The third-order valence-electron chi connectivity index (χ3n) is 2.42. The van der Waals surface area contributed by atoms with Crippen LogP contribution in [0, 0.1) is 0 Å². The SMILES string of the molecule is COCCCNC(=O)NCc1ccc(OC(F)(F)F)cc1. The first-order chi connectivity index (χ1) is 9.90. The van der Waals surface area contributed by atoms with Gasteiger partial charge in [-0.25, -0.2) is 4.79 Å². The number of halogens is 3. The number of benzene rings is 1. The lowest BCUT2D eigenvalue weighted by molar-refractivity contribution is -0.274. The van der Waals surface area contributed by atoms with E-state index in [1.54, 1.807) is 7.11 Å². The standard InChI is InChI=1S/C13H17F3N2O3/c1-20-8-2-7-17-12(19)18-9-10-3-5-11(6-4-10)21-13(14,15)16/h3-6H,2,7-9H2,1H3,(H2,17,18,19). The number of hydrogen-bond donors (Lipinski definition) is 2. The Bertz CT molecular complexity index is 435. The van der Waals surface area contributed by atoms with E-state index in [9.17, 15) is 18.0 Å². The highest BCUT2D eigenvalue weighted by molar-refractivity contribution is 5.73. The lowest BCUT2D eigenvalue weighted by atomic mass is 10.2. The van der Waals surface area contributed by atoms with Gasteiger partial charge >= 0.3 is 12.4 Å². The van der Waals surface area contributed by atoms with Crippen molar-refractivity contribution >= 4 is 6.03 Å². The molecule has 0 saturated carbocycles. The van der Waals surface area contributed by atoms with Crippen molar-refractivity contribution in [2.75, 3.05) is 20.3 Å². The molecule has 0 radical (unpaired) electrons. The maximum absolute atomic E-state index is 12.0. The molecule has 1 aromatic rings. The Labute approximate surface area is 120 Å². The number of hydrogen-bond acceptors (Lipinski definition) is 3. The Hall–Kier alpha value is -1.96. The van der Waals surface area contributed by atoms with Crippen molar-refractivity contribution in [2.45, 2.75) is 19.3 Å². The summed E-state index contributed by atoms with van der Waals surface area (Å²) in [6.45, 7) is 1.25. The van der Waals surface area contributed by atoms with Crippen LogP contribution in [-0.2, 0) is 11.3 Å². The van der Waals surface area contributed by atoms with Gasteiger partial charge in [0.05, 0.1) is 0 Å². The zero-order chi connectivity index (χ0) is 15.7. The van der Waals surface area contributed by atoms with E-state index < -0.39 is 6.36 Å². The van der Waals surface area contributed by atoms with Crippen molar-refractivity contribution < 1.29 is 27.4 Å². The maximum Gasteiger partial charge on any atom is 0.573 e. The lowest BCUT2D eigenvalue weighted by Gasteiger charge is -2.10. The minimum absolute atomic E-state index is 0.211. The Kier molecular flexibility index (Phi) is 6.80. The predicted octanol–water partition coefficient (Wildman–Crippen LogP) is 2.42. The molecule has 0 atom stereocenters. The first-order valence-corrected chi connectivity index (χ1v) is 6.26. The molecule has 0 spiro atoms. The van der Waals surface area contributed by atoms with Crippen LogP contribution in [0.5, 0.6) is 5.75 Å². The van der Waals surface area contributed by atoms with Crippen molar-refractivity contribution in [3.8, 4) is 5.75 Å². The van der Waals surface area contributed by atoms with E-state index in [0.717, 1.165) is 0 Å². The molecule has 0 aliphatic carbocycles. The fourth-order valence-corrected chi connectivity index (χ4v) is 1.47. The van der Waals surface area contributed by atoms with Gasteiger partial charge in [0.2, 0.25) is 0 Å². The fourth-order valence-electron chi connectivity index (χ4n) is 1.47. The van der Waals surface area contributed by atoms with Gasteiger partial charge in [0.1, 0.15) is 5.75 Å². The Balaban J connectivity index is 2.30. The number of rotatable bonds is 7. The Morgan fingerprint density at radius 1 is 1.19 bits per heavy atom. The molecule has 0 unspecified atom stereocenters. The van der Waals surface area contributed by atoms with Gasteiger partial charge in [0, 0.05) is 26.8 Å². The average molecular weight is 306 g/mol. The van der Waals surface area contributed by atoms with E-state index in [-0.39, 0.29) is 18.3 Å². The molecule has 0 saturated heterocycles. The van der Waals surface area contributed by atoms with Crippen LogP contribution in [0.4, 0.5) is 18.0 Å². The molecule has 0 aliphatic rings. The third kappa shape index (κ3) is 8.03. The molecule has 0 bridgehead atoms. The summed E-state index contributed by atoms with van der Waals surface area (Å²) in [6.07, 6.45) is -4.00. The maximum atomic E-state index is 12.0. The average Bonchev–Trinajstić information content (AvgIpc) is 2.41. The van der Waals surface area contributed by atoms with Crippen molar-refractivity contribution in [2.24, 2.45) is 0 Å². The van der Waals surface area contributed by atoms with Gasteiger partial charge in [0.25, 0.3) is 0 Å². The van der Waals surface area contributed by atoms with E-state index in [1.165, 1.54) is 24.3 Å². The molecular formula is C13H17F3N2O3. The normalized spacial score (nSPS) is 11.0. The summed E-state index contributed by atoms with van der Waals surface area (Å²) >= 11 is 0. The summed E-state index contributed by atoms with van der Waals surface area (Å²) in [7, 11) is 1.58. The monoisotopic (exact) mass is 306 g/mol. The molecule has 2 amide bonds. The van der Waals surface area contributed by atoms with Crippen molar-refractivity contribution in [1.29, 1.82) is 0 Å². The molecule has 1 aromatic carbocycles. The first kappa shape index (κ1) is 17.1. The highest BCUT2D eigenvalue weighted by Gasteiger charge is 2.30. The van der Waals surface area contributed by atoms with Gasteiger partial charge in [-0.05, 0) is 24.1 Å². The quantitative estimate of drug-likeness (QED) is 0.761. The number of ether oxygens (including phenoxy) is 2. The van der Waals surface area contributed by atoms with Crippen LogP contribution in [0.1, 0.15) is 12.0 Å². The van der Waals surface area contributed by atoms with E-state index >= 15 is 0 Å². The lowest BCUT2D eigenvalue weighted by Crippen LogP contribution is -2.35. The zero-order valence-corrected chi connectivity index (χ0v) is 11.5. The number of alkyl halides is 3. The smallest absolute Gasteiger partial charge is 0.406 e. The summed E-state index contributed by atoms with van der Waals surface area (Å²) in [5, 5.41) is 5.22. The molecule has 2 N–H and O–H groups in total. The van der Waals surface area contributed by atoms with Gasteiger partial charge in [0.15, 0.2) is 0 Å². The van der Waals surface area contributed by atoms with Crippen LogP contribution in [0.15, 0.2) is 24.3 Å². The van der Waals surface area contributed by atoms with Crippen LogP contribution in [-0.4, -0.2) is 32.7 Å². The van der Waals surface area contributed by atoms with Gasteiger partial charge in [-0.2, -0.15) is 0 Å². The second-order valence-electron chi connectivity index (χ2n) is 4.15. The van der Waals surface area contributed by atoms with Crippen LogP contribution < -0.4 is 15.4 Å². The third-order valence-corrected chi connectivity index (χ3v) is 2.42. The van der Waals surface area contributed by atoms with Gasteiger partial charge < -0.3 is 20.1 Å². The Morgan fingerprint density at radius 3 is 2.43 bits per heavy atom. The molecule has 0 heterocycles. The van der Waals surface area contributed by atoms with E-state index in [2.05, 4.69) is 15.4 Å². The molecule has 8 heteroatoms. The zero-order valence-electron chi connectivity index (χ0n) is 11.5. The van der Waals surface area contributed by atoms with Crippen molar-refractivity contribution in [3.05, 3.63) is 29.8 Å². The van der Waals surface area contributed by atoms with E-state index in [1.807, 2.05) is 0 Å². The number of methoxy groups -OCH3 is 1. The number of carbonyl (C=O) groups excluding carboxylic acids is 1. The summed E-state index contributed by atoms with van der Waals surface area (Å²) in [5.74, 6) is -0.296. The second-order valence-corrected chi connectivity index (χ2v) is 4.15. The summed E-state index contributed by atoms with van der Waals surface area (Å²) < 4.78 is 44.5. The molecule has 118 valence electrons. The predicted molar refractivity (Wildman–Crippen MR) is 69.9 cm³/mol. The Morgan fingerprint density at radius 2 is 1.86 bits per heavy atom. The van der Waals surface area contributed by atoms with Crippen LogP contribution in [0.2, 0.25) is 0 Å². The van der Waals surface area contributed by atoms with Gasteiger partial charge in [-0.3, -0.25) is 0 Å². The number of amides is 2. The van der Waals surface area contributed by atoms with Gasteiger partial charge in [-0.15, -0.1) is 13.2 Å². The largest absolute Gasteiger partial charge is 0.573 e. The van der Waals surface area contributed by atoms with Crippen molar-refractivity contribution in [1.82, 2.24) is 10.6 Å². The van der Waals surface area contributed by atoms with Crippen LogP contribution in [0.25, 0.3) is 0 Å². The highest BCUT2D eigenvalue weighted by Crippen LogP contribution is 2.22. The number of urea groups is 1. The van der Waals surface area contributed by atoms with Gasteiger partial charge in [-0.1, -0.05) is 12.1 Å². The summed E-state index contributed by atoms with van der Waals surface area (Å²) in [6, 6.07) is 4.95. The van der Waals surface area contributed by atoms with E-state index in [0.29, 0.717) is 25.1 Å². The topological polar surface area (TPSA) is 59.6 Å². The molecule has 0 aromatic heterocycles. The molecule has 0 fully saturated rings. The van der Waals surface area contributed by atoms with Crippen LogP contribution >= 0.6 is 0 Å². The number of nitrogens with one attached hydrogen (secondary N) is 2. The second kappa shape index (κ2) is 8.35. The highest BCUT2D eigenvalue weighted by atomic mass is 19.4. The molecule has 5 nitrogen and oxygen atoms in total. The first-order valence-electron chi connectivity index (χ1n) is 6.26. The molecule has 1 rings (SSSR count).